The third-order valence-corrected chi connectivity index (χ3v) is 15.9. The van der Waals surface area contributed by atoms with Crippen LogP contribution in [0.25, 0.3) is 98.1 Å². The number of fused-ring (bicyclic) bond motifs is 15. The highest BCUT2D eigenvalue weighted by Gasteiger charge is 2.50. The minimum atomic E-state index is -0.502. The zero-order valence-electron chi connectivity index (χ0n) is 34.9. The molecule has 302 valence electrons. The molecule has 4 heterocycles. The summed E-state index contributed by atoms with van der Waals surface area (Å²) < 4.78 is 2.50. The van der Waals surface area contributed by atoms with Crippen LogP contribution >= 0.6 is 23.1 Å². The molecule has 0 bridgehead atoms. The lowest BCUT2D eigenvalue weighted by molar-refractivity contribution is 0.724. The molecule has 0 saturated carbocycles. The second kappa shape index (κ2) is 14.2. The second-order valence-corrected chi connectivity index (χ2v) is 19.1. The van der Waals surface area contributed by atoms with Crippen LogP contribution in [-0.2, 0) is 5.41 Å². The summed E-state index contributed by atoms with van der Waals surface area (Å²) >= 11 is 3.70. The average molecular weight is 862 g/mol. The van der Waals surface area contributed by atoms with Crippen LogP contribution in [-0.4, -0.2) is 15.0 Å². The van der Waals surface area contributed by atoms with Gasteiger partial charge in [0.25, 0.3) is 0 Å². The van der Waals surface area contributed by atoms with Crippen LogP contribution in [0.5, 0.6) is 0 Å². The molecule has 2 aliphatic rings. The van der Waals surface area contributed by atoms with E-state index in [0.717, 1.165) is 55.6 Å². The van der Waals surface area contributed by atoms with E-state index in [4.69, 9.17) is 15.0 Å². The quantitative estimate of drug-likeness (QED) is 0.165. The van der Waals surface area contributed by atoms with E-state index in [1.807, 2.05) is 29.2 Å². The molecule has 12 aromatic rings. The summed E-state index contributed by atoms with van der Waals surface area (Å²) in [6.45, 7) is 0. The van der Waals surface area contributed by atoms with E-state index in [1.165, 1.54) is 68.7 Å². The highest BCUT2D eigenvalue weighted by atomic mass is 32.2. The van der Waals surface area contributed by atoms with Gasteiger partial charge in [-0.25, -0.2) is 15.0 Å². The van der Waals surface area contributed by atoms with Crippen molar-refractivity contribution < 1.29 is 0 Å². The molecule has 5 heteroatoms. The van der Waals surface area contributed by atoms with E-state index < -0.39 is 5.41 Å². The maximum Gasteiger partial charge on any atom is 0.160 e. The smallest absolute Gasteiger partial charge is 0.160 e. The van der Waals surface area contributed by atoms with Gasteiger partial charge in [-0.1, -0.05) is 182 Å². The first kappa shape index (κ1) is 36.8. The number of rotatable bonds is 4. The van der Waals surface area contributed by atoms with Crippen molar-refractivity contribution in [3.05, 3.63) is 235 Å². The summed E-state index contributed by atoms with van der Waals surface area (Å²) in [4.78, 5) is 18.7. The highest BCUT2D eigenvalue weighted by Crippen LogP contribution is 2.63. The Labute approximate surface area is 383 Å². The van der Waals surface area contributed by atoms with Crippen molar-refractivity contribution in [1.29, 1.82) is 0 Å². The molecular formula is C60H35N3S2. The van der Waals surface area contributed by atoms with Crippen LogP contribution in [0.1, 0.15) is 22.3 Å². The third-order valence-electron chi connectivity index (χ3n) is 13.5. The van der Waals surface area contributed by atoms with E-state index in [1.54, 1.807) is 0 Å². The summed E-state index contributed by atoms with van der Waals surface area (Å²) in [6.07, 6.45) is 0. The number of nitrogens with zero attached hydrogens (tertiary/aromatic N) is 3. The molecule has 0 N–H and O–H groups in total. The topological polar surface area (TPSA) is 38.7 Å². The van der Waals surface area contributed by atoms with Gasteiger partial charge in [0.15, 0.2) is 5.82 Å². The van der Waals surface area contributed by atoms with E-state index in [2.05, 4.69) is 206 Å². The third kappa shape index (κ3) is 5.40. The van der Waals surface area contributed by atoms with Gasteiger partial charge in [0.2, 0.25) is 0 Å². The van der Waals surface area contributed by atoms with Crippen molar-refractivity contribution in [2.45, 2.75) is 15.2 Å². The number of aromatic nitrogens is 3. The van der Waals surface area contributed by atoms with Gasteiger partial charge in [-0.2, -0.15) is 0 Å². The molecule has 65 heavy (non-hydrogen) atoms. The zero-order chi connectivity index (χ0) is 42.6. The van der Waals surface area contributed by atoms with Gasteiger partial charge >= 0.3 is 0 Å². The fraction of sp³-hybridized carbons (Fsp3) is 0.0167. The van der Waals surface area contributed by atoms with Crippen LogP contribution in [0, 0.1) is 0 Å². The van der Waals surface area contributed by atoms with Crippen molar-refractivity contribution in [3.63, 3.8) is 0 Å². The van der Waals surface area contributed by atoms with Crippen molar-refractivity contribution in [2.75, 3.05) is 0 Å². The second-order valence-electron chi connectivity index (χ2n) is 17.0. The van der Waals surface area contributed by atoms with Gasteiger partial charge in [0.1, 0.15) is 0 Å². The van der Waals surface area contributed by atoms with Gasteiger partial charge < -0.3 is 0 Å². The monoisotopic (exact) mass is 861 g/mol. The molecule has 1 aliphatic heterocycles. The highest BCUT2D eigenvalue weighted by molar-refractivity contribution is 7.99. The first-order chi connectivity index (χ1) is 32.2. The Bertz CT molecular complexity index is 3890. The first-order valence-electron chi connectivity index (χ1n) is 22.0. The SMILES string of the molecule is c1ccc(-c2nc(-c3ccc4nc(-c5ccccc5)c5cc6c(cc5c4c3)C3(c4ccccc4S6)c4ccccc4-c4ccccc43)cc(-c3cccc4c3sc3ccccc34)n2)cc1. The lowest BCUT2D eigenvalue weighted by Crippen LogP contribution is -2.32. The number of pyridine rings is 1. The standard InChI is InChI=1S/C60H35N3S2/c1-3-16-36(17-4-1)57-46-34-56-50(60(49-27-12-14-29-55(49)64-56)47-25-10-7-20-39(47)40-21-8-11-26-48(40)60)33-44(46)45-32-38(30-31-51(45)61-57)52-35-53(63-59(62-52)37-18-5-2-6-19-37)43-24-15-23-42-41-22-9-13-28-54(41)65-58(42)43/h1-35H. The molecule has 1 aliphatic carbocycles. The normalized spacial score (nSPS) is 13.3. The van der Waals surface area contributed by atoms with Crippen molar-refractivity contribution >= 4 is 64.9 Å². The minimum Gasteiger partial charge on any atom is -0.247 e. The van der Waals surface area contributed by atoms with Crippen LogP contribution in [0.2, 0.25) is 0 Å². The number of thiophene rings is 1. The predicted molar refractivity (Wildman–Crippen MR) is 271 cm³/mol. The Balaban J connectivity index is 1.05. The largest absolute Gasteiger partial charge is 0.247 e. The van der Waals surface area contributed by atoms with Gasteiger partial charge in [0, 0.05) is 63.0 Å². The number of benzene rings is 9. The summed E-state index contributed by atoms with van der Waals surface area (Å²) in [5.41, 5.74) is 15.3. The Kier molecular flexibility index (Phi) is 8.00. The Morgan fingerprint density at radius 1 is 0.354 bits per heavy atom. The maximum absolute atomic E-state index is 5.51. The predicted octanol–water partition coefficient (Wildman–Crippen LogP) is 16.0. The van der Waals surface area contributed by atoms with Crippen LogP contribution in [0.15, 0.2) is 222 Å². The molecule has 0 fully saturated rings. The molecule has 0 saturated heterocycles. The molecular weight excluding hydrogens is 827 g/mol. The van der Waals surface area contributed by atoms with Crippen molar-refractivity contribution in [3.8, 4) is 56.3 Å². The molecule has 3 aromatic heterocycles. The molecule has 0 atom stereocenters. The minimum absolute atomic E-state index is 0.502. The van der Waals surface area contributed by atoms with Crippen LogP contribution < -0.4 is 0 Å². The molecule has 0 unspecified atom stereocenters. The molecule has 0 radical (unpaired) electrons. The van der Waals surface area contributed by atoms with Crippen LogP contribution in [0.3, 0.4) is 0 Å². The lowest BCUT2D eigenvalue weighted by atomic mass is 9.67. The molecule has 3 nitrogen and oxygen atoms in total. The maximum atomic E-state index is 5.51. The average Bonchev–Trinajstić information content (AvgIpc) is 3.90. The van der Waals surface area contributed by atoms with E-state index >= 15 is 0 Å². The molecule has 9 aromatic carbocycles. The molecule has 14 rings (SSSR count). The van der Waals surface area contributed by atoms with Crippen molar-refractivity contribution in [1.82, 2.24) is 15.0 Å². The summed E-state index contributed by atoms with van der Waals surface area (Å²) in [6, 6.07) is 77.2. The number of hydrogen-bond acceptors (Lipinski definition) is 5. The summed E-state index contributed by atoms with van der Waals surface area (Å²) in [7, 11) is 0. The van der Waals surface area contributed by atoms with Crippen molar-refractivity contribution in [2.24, 2.45) is 0 Å². The van der Waals surface area contributed by atoms with Crippen LogP contribution in [0.4, 0.5) is 0 Å². The van der Waals surface area contributed by atoms with Gasteiger partial charge in [0.05, 0.1) is 28.0 Å². The summed E-state index contributed by atoms with van der Waals surface area (Å²) in [5.74, 6) is 0.698. The zero-order valence-corrected chi connectivity index (χ0v) is 36.5. The van der Waals surface area contributed by atoms with E-state index in [-0.39, 0.29) is 0 Å². The molecule has 1 spiro atoms. The Morgan fingerprint density at radius 3 is 1.80 bits per heavy atom. The fourth-order valence-electron chi connectivity index (χ4n) is 10.7. The Hall–Kier alpha value is -7.70. The number of hydrogen-bond donors (Lipinski definition) is 0. The lowest BCUT2D eigenvalue weighted by Gasteiger charge is -2.40. The Morgan fingerprint density at radius 2 is 1.00 bits per heavy atom. The molecule has 0 amide bonds. The van der Waals surface area contributed by atoms with Gasteiger partial charge in [-0.3, -0.25) is 0 Å². The first-order valence-corrected chi connectivity index (χ1v) is 23.6. The van der Waals surface area contributed by atoms with Gasteiger partial charge in [-0.05, 0) is 81.2 Å². The summed E-state index contributed by atoms with van der Waals surface area (Å²) in [5, 5.41) is 5.91. The van der Waals surface area contributed by atoms with E-state index in [9.17, 15) is 0 Å². The fourth-order valence-corrected chi connectivity index (χ4v) is 13.2. The van der Waals surface area contributed by atoms with Gasteiger partial charge in [-0.15, -0.1) is 11.3 Å². The van der Waals surface area contributed by atoms with E-state index in [0.29, 0.717) is 5.82 Å².